The molecule has 7 heteroatoms. The fraction of sp³-hybridized carbons (Fsp3) is 0.318. The molecule has 0 unspecified atom stereocenters. The smallest absolute Gasteiger partial charge is 0.339 e. The van der Waals surface area contributed by atoms with Crippen molar-refractivity contribution in [2.45, 2.75) is 26.8 Å². The lowest BCUT2D eigenvalue weighted by atomic mass is 10.1. The molecule has 0 aliphatic heterocycles. The number of ketones is 1. The van der Waals surface area contributed by atoms with Crippen molar-refractivity contribution < 1.29 is 19.1 Å². The summed E-state index contributed by atoms with van der Waals surface area (Å²) in [5.41, 5.74) is 2.51. The number of Topliss-reactive ketones (excluding diaryl/α,β-unsaturated/α-hetero) is 1. The van der Waals surface area contributed by atoms with Crippen LogP contribution in [0, 0.1) is 13.8 Å². The number of hydrogen-bond donors (Lipinski definition) is 1. The van der Waals surface area contributed by atoms with E-state index in [2.05, 4.69) is 4.98 Å². The van der Waals surface area contributed by atoms with Gasteiger partial charge in [0, 0.05) is 41.0 Å². The maximum atomic E-state index is 12.7. The van der Waals surface area contributed by atoms with Crippen LogP contribution in [0.3, 0.4) is 0 Å². The zero-order chi connectivity index (χ0) is 21.1. The molecule has 29 heavy (non-hydrogen) atoms. The van der Waals surface area contributed by atoms with E-state index in [9.17, 15) is 14.4 Å². The SMILES string of the molecule is COC[C@H](C)n1c(C)cc(C(=O)COC(=O)c2cc(=O)[nH]c3ccccc23)c1C. The van der Waals surface area contributed by atoms with Crippen LogP contribution < -0.4 is 5.56 Å². The van der Waals surface area contributed by atoms with E-state index in [1.165, 1.54) is 6.07 Å². The topological polar surface area (TPSA) is 90.4 Å². The Labute approximate surface area is 168 Å². The number of para-hydroxylation sites is 1. The Bertz CT molecular complexity index is 1130. The number of esters is 1. The zero-order valence-electron chi connectivity index (χ0n) is 16.9. The number of nitrogens with zero attached hydrogens (tertiary/aromatic N) is 1. The van der Waals surface area contributed by atoms with Crippen molar-refractivity contribution in [3.63, 3.8) is 0 Å². The van der Waals surface area contributed by atoms with Gasteiger partial charge >= 0.3 is 5.97 Å². The van der Waals surface area contributed by atoms with Gasteiger partial charge in [-0.1, -0.05) is 18.2 Å². The fourth-order valence-electron chi connectivity index (χ4n) is 3.71. The number of H-pyrrole nitrogens is 1. The molecule has 0 amide bonds. The predicted octanol–water partition coefficient (Wildman–Crippen LogP) is 3.19. The van der Waals surface area contributed by atoms with Crippen molar-refractivity contribution in [2.75, 3.05) is 20.3 Å². The first-order valence-corrected chi connectivity index (χ1v) is 9.33. The number of aryl methyl sites for hydroxylation is 1. The minimum Gasteiger partial charge on any atom is -0.454 e. The molecule has 0 fully saturated rings. The number of nitrogens with one attached hydrogen (secondary N) is 1. The third kappa shape index (κ3) is 4.14. The van der Waals surface area contributed by atoms with Gasteiger partial charge in [0.25, 0.3) is 0 Å². The number of aromatic amines is 1. The number of hydrogen-bond acceptors (Lipinski definition) is 5. The maximum absolute atomic E-state index is 12.7. The molecular weight excluding hydrogens is 372 g/mol. The van der Waals surface area contributed by atoms with Crippen molar-refractivity contribution in [1.29, 1.82) is 0 Å². The molecule has 0 aliphatic rings. The number of methoxy groups -OCH3 is 1. The van der Waals surface area contributed by atoms with E-state index in [1.807, 2.05) is 25.3 Å². The van der Waals surface area contributed by atoms with Crippen molar-refractivity contribution in [1.82, 2.24) is 9.55 Å². The van der Waals surface area contributed by atoms with Gasteiger partial charge in [-0.15, -0.1) is 0 Å². The molecule has 0 spiro atoms. The average molecular weight is 396 g/mol. The van der Waals surface area contributed by atoms with Gasteiger partial charge in [0.2, 0.25) is 11.3 Å². The number of aromatic nitrogens is 2. The molecule has 0 bridgehead atoms. The lowest BCUT2D eigenvalue weighted by Gasteiger charge is -2.17. The number of fused-ring (bicyclic) bond motifs is 1. The molecule has 0 aliphatic carbocycles. The second kappa shape index (κ2) is 8.45. The third-order valence-corrected chi connectivity index (χ3v) is 4.94. The molecule has 2 heterocycles. The normalized spacial score (nSPS) is 12.1. The first kappa shape index (κ1) is 20.5. The summed E-state index contributed by atoms with van der Waals surface area (Å²) in [5, 5.41) is 0.566. The standard InChI is InChI=1S/C22H24N2O5/c1-13-9-17(15(3)24(13)14(2)11-28-4)20(25)12-29-22(27)18-10-21(26)23-19-8-6-5-7-16(18)19/h5-10,14H,11-12H2,1-4H3,(H,23,26)/t14-/m0/s1. The quantitative estimate of drug-likeness (QED) is 0.489. The highest BCUT2D eigenvalue weighted by Gasteiger charge is 2.21. The van der Waals surface area contributed by atoms with Gasteiger partial charge in [-0.25, -0.2) is 4.79 Å². The number of ether oxygens (including phenoxy) is 2. The Hall–Kier alpha value is -3.19. The Morgan fingerprint density at radius 1 is 1.14 bits per heavy atom. The fourth-order valence-corrected chi connectivity index (χ4v) is 3.71. The van der Waals surface area contributed by atoms with Crippen LogP contribution in [0.4, 0.5) is 0 Å². The van der Waals surface area contributed by atoms with Gasteiger partial charge in [-0.05, 0) is 32.9 Å². The van der Waals surface area contributed by atoms with E-state index in [1.54, 1.807) is 37.4 Å². The number of benzene rings is 1. The highest BCUT2D eigenvalue weighted by atomic mass is 16.5. The Morgan fingerprint density at radius 3 is 2.59 bits per heavy atom. The predicted molar refractivity (Wildman–Crippen MR) is 110 cm³/mol. The van der Waals surface area contributed by atoms with E-state index in [0.29, 0.717) is 23.1 Å². The van der Waals surface area contributed by atoms with E-state index < -0.39 is 18.1 Å². The van der Waals surface area contributed by atoms with Crippen molar-refractivity contribution >= 4 is 22.7 Å². The molecule has 2 aromatic heterocycles. The first-order chi connectivity index (χ1) is 13.8. The summed E-state index contributed by atoms with van der Waals surface area (Å²) >= 11 is 0. The van der Waals surface area contributed by atoms with Gasteiger partial charge in [0.1, 0.15) is 0 Å². The summed E-state index contributed by atoms with van der Waals surface area (Å²) in [6.07, 6.45) is 0. The van der Waals surface area contributed by atoms with Crippen LogP contribution in [0.5, 0.6) is 0 Å². The lowest BCUT2D eigenvalue weighted by molar-refractivity contribution is 0.0476. The van der Waals surface area contributed by atoms with Crippen LogP contribution in [0.1, 0.15) is 45.1 Å². The summed E-state index contributed by atoms with van der Waals surface area (Å²) in [6.45, 7) is 5.91. The molecule has 3 aromatic rings. The van der Waals surface area contributed by atoms with Gasteiger partial charge < -0.3 is 19.0 Å². The van der Waals surface area contributed by atoms with Crippen LogP contribution in [-0.2, 0) is 9.47 Å². The Balaban J connectivity index is 1.79. The zero-order valence-corrected chi connectivity index (χ0v) is 16.9. The lowest BCUT2D eigenvalue weighted by Crippen LogP contribution is -2.18. The van der Waals surface area contributed by atoms with Gasteiger partial charge in [-0.3, -0.25) is 9.59 Å². The van der Waals surface area contributed by atoms with Crippen LogP contribution in [0.25, 0.3) is 10.9 Å². The summed E-state index contributed by atoms with van der Waals surface area (Å²) in [4.78, 5) is 39.7. The Kier molecular flexibility index (Phi) is 5.98. The minimum absolute atomic E-state index is 0.0755. The average Bonchev–Trinajstić information content (AvgIpc) is 2.99. The van der Waals surface area contributed by atoms with Crippen LogP contribution >= 0.6 is 0 Å². The molecule has 7 nitrogen and oxygen atoms in total. The summed E-state index contributed by atoms with van der Waals surface area (Å²) in [5.74, 6) is -1.00. The number of rotatable bonds is 7. The van der Waals surface area contributed by atoms with E-state index in [4.69, 9.17) is 9.47 Å². The molecule has 0 saturated heterocycles. The molecular formula is C22H24N2O5. The molecule has 0 radical (unpaired) electrons. The van der Waals surface area contributed by atoms with Crippen molar-refractivity contribution in [3.8, 4) is 0 Å². The largest absolute Gasteiger partial charge is 0.454 e. The van der Waals surface area contributed by atoms with Gasteiger partial charge in [0.05, 0.1) is 18.2 Å². The number of carbonyl (C=O) groups is 2. The highest BCUT2D eigenvalue weighted by Crippen LogP contribution is 2.22. The minimum atomic E-state index is -0.706. The van der Waals surface area contributed by atoms with E-state index in [0.717, 1.165) is 11.4 Å². The number of carbonyl (C=O) groups excluding carboxylic acids is 2. The van der Waals surface area contributed by atoms with Gasteiger partial charge in [0.15, 0.2) is 6.61 Å². The van der Waals surface area contributed by atoms with Crippen LogP contribution in [0.15, 0.2) is 41.2 Å². The molecule has 0 saturated carbocycles. The molecule has 1 N–H and O–H groups in total. The van der Waals surface area contributed by atoms with Crippen LogP contribution in [-0.4, -0.2) is 41.6 Å². The van der Waals surface area contributed by atoms with E-state index in [-0.39, 0.29) is 17.4 Å². The second-order valence-electron chi connectivity index (χ2n) is 7.05. The monoisotopic (exact) mass is 396 g/mol. The first-order valence-electron chi connectivity index (χ1n) is 9.33. The van der Waals surface area contributed by atoms with Crippen LogP contribution in [0.2, 0.25) is 0 Å². The maximum Gasteiger partial charge on any atom is 0.339 e. The molecule has 1 aromatic carbocycles. The molecule has 152 valence electrons. The second-order valence-corrected chi connectivity index (χ2v) is 7.05. The Morgan fingerprint density at radius 2 is 1.86 bits per heavy atom. The van der Waals surface area contributed by atoms with Gasteiger partial charge in [-0.2, -0.15) is 0 Å². The summed E-state index contributed by atoms with van der Waals surface area (Å²) < 4.78 is 12.5. The van der Waals surface area contributed by atoms with Crippen molar-refractivity contribution in [2.24, 2.45) is 0 Å². The summed E-state index contributed by atoms with van der Waals surface area (Å²) in [7, 11) is 1.63. The van der Waals surface area contributed by atoms with E-state index >= 15 is 0 Å². The third-order valence-electron chi connectivity index (χ3n) is 4.94. The van der Waals surface area contributed by atoms with Crippen molar-refractivity contribution in [3.05, 3.63) is 69.3 Å². The summed E-state index contributed by atoms with van der Waals surface area (Å²) in [6, 6.07) is 10.00. The number of pyridine rings is 1. The molecule has 1 atom stereocenters. The highest BCUT2D eigenvalue weighted by molar-refractivity contribution is 6.05. The molecule has 3 rings (SSSR count).